The lowest BCUT2D eigenvalue weighted by molar-refractivity contribution is -0.173. The number of allylic oxidation sites excluding steroid dienone is 1. The van der Waals surface area contributed by atoms with Crippen molar-refractivity contribution in [1.29, 1.82) is 0 Å². The van der Waals surface area contributed by atoms with Gasteiger partial charge in [0.2, 0.25) is 0 Å². The minimum atomic E-state index is -0.543. The predicted molar refractivity (Wildman–Crippen MR) is 144 cm³/mol. The lowest BCUT2D eigenvalue weighted by atomic mass is 9.43. The van der Waals surface area contributed by atoms with Crippen molar-refractivity contribution in [3.63, 3.8) is 0 Å². The highest BCUT2D eigenvalue weighted by Gasteiger charge is 2.65. The van der Waals surface area contributed by atoms with Crippen molar-refractivity contribution in [2.45, 2.75) is 125 Å². The van der Waals surface area contributed by atoms with Gasteiger partial charge < -0.3 is 9.84 Å². The first kappa shape index (κ1) is 27.2. The summed E-state index contributed by atoms with van der Waals surface area (Å²) in [5.41, 5.74) is 1.51. The van der Waals surface area contributed by atoms with Crippen LogP contribution in [0.3, 0.4) is 0 Å². The molecule has 3 heteroatoms. The summed E-state index contributed by atoms with van der Waals surface area (Å²) in [6, 6.07) is 0. The third kappa shape index (κ3) is 3.96. The molecule has 1 N–H and O–H groups in total. The normalized spacial score (nSPS) is 47.1. The van der Waals surface area contributed by atoms with Crippen LogP contribution >= 0.6 is 0 Å². The van der Waals surface area contributed by atoms with Crippen molar-refractivity contribution in [3.05, 3.63) is 12.2 Å². The molecule has 4 saturated carbocycles. The number of rotatable bonds is 3. The minimum Gasteiger partial charge on any atom is -0.481 e. The van der Waals surface area contributed by atoms with Gasteiger partial charge in [0.05, 0.1) is 11.5 Å². The van der Waals surface area contributed by atoms with E-state index in [1.165, 1.54) is 44.1 Å². The molecule has 4 rings (SSSR count). The zero-order chi connectivity index (χ0) is 26.0. The van der Waals surface area contributed by atoms with E-state index in [9.17, 15) is 9.90 Å². The summed E-state index contributed by atoms with van der Waals surface area (Å²) in [4.78, 5) is 12.9. The maximum absolute atomic E-state index is 12.9. The molecule has 0 amide bonds. The second kappa shape index (κ2) is 8.88. The van der Waals surface area contributed by atoms with E-state index in [1.807, 2.05) is 7.11 Å². The van der Waals surface area contributed by atoms with Crippen LogP contribution in [-0.4, -0.2) is 24.3 Å². The van der Waals surface area contributed by atoms with Gasteiger partial charge in [-0.2, -0.15) is 0 Å². The van der Waals surface area contributed by atoms with Crippen molar-refractivity contribution in [2.75, 3.05) is 7.11 Å². The summed E-state index contributed by atoms with van der Waals surface area (Å²) in [6.45, 7) is 21.6. The van der Waals surface area contributed by atoms with Crippen molar-refractivity contribution < 1.29 is 14.6 Å². The minimum absolute atomic E-state index is 0.155. The van der Waals surface area contributed by atoms with Crippen LogP contribution in [0.1, 0.15) is 119 Å². The highest BCUT2D eigenvalue weighted by Crippen LogP contribution is 2.69. The maximum atomic E-state index is 12.9. The van der Waals surface area contributed by atoms with Crippen LogP contribution < -0.4 is 0 Å². The fourth-order valence-electron chi connectivity index (χ4n) is 10.5. The molecule has 8 unspecified atom stereocenters. The molecule has 4 fully saturated rings. The standard InChI is InChI=1S/C32H54O3/c1-21(2)22-12-18-32(27(33)34)20-19-31(8)23(26(22)32)11-10-15-30(7)17-14-25(35-9)29(5,6)24(30)13-16-28(31,3)4/h22-26H,1,10-20H2,2-9H3,(H,33,34). The third-order valence-corrected chi connectivity index (χ3v) is 13.1. The van der Waals surface area contributed by atoms with Crippen LogP contribution in [0.2, 0.25) is 0 Å². The van der Waals surface area contributed by atoms with Gasteiger partial charge >= 0.3 is 5.97 Å². The number of fused-ring (bicyclic) bond motifs is 4. The van der Waals surface area contributed by atoms with Crippen molar-refractivity contribution >= 4 is 5.97 Å². The summed E-state index contributed by atoms with van der Waals surface area (Å²) in [6.07, 6.45) is 12.6. The smallest absolute Gasteiger partial charge is 0.309 e. The quantitative estimate of drug-likeness (QED) is 0.407. The Labute approximate surface area is 215 Å². The fourth-order valence-corrected chi connectivity index (χ4v) is 10.5. The van der Waals surface area contributed by atoms with Crippen molar-refractivity contribution in [2.24, 2.45) is 50.7 Å². The molecule has 0 radical (unpaired) electrons. The Kier molecular flexibility index (Phi) is 6.91. The highest BCUT2D eigenvalue weighted by molar-refractivity contribution is 5.76. The number of methoxy groups -OCH3 is 1. The van der Waals surface area contributed by atoms with Gasteiger partial charge in [0.1, 0.15) is 0 Å². The molecule has 4 aliphatic rings. The van der Waals surface area contributed by atoms with Gasteiger partial charge in [-0.15, -0.1) is 0 Å². The Balaban J connectivity index is 1.75. The van der Waals surface area contributed by atoms with Crippen LogP contribution in [0.4, 0.5) is 0 Å². The zero-order valence-corrected chi connectivity index (χ0v) is 24.1. The molecule has 0 aromatic carbocycles. The molecule has 0 spiro atoms. The van der Waals surface area contributed by atoms with Crippen LogP contribution in [0.25, 0.3) is 0 Å². The summed E-state index contributed by atoms with van der Waals surface area (Å²) >= 11 is 0. The van der Waals surface area contributed by atoms with Crippen molar-refractivity contribution in [3.8, 4) is 0 Å². The van der Waals surface area contributed by atoms with Gasteiger partial charge in [-0.1, -0.05) is 60.1 Å². The molecule has 8 atom stereocenters. The Morgan fingerprint density at radius 1 is 0.886 bits per heavy atom. The SMILES string of the molecule is C=C(C)C1CCC2(C(=O)O)CCC3(C)C(CCCC4(C)CCC(OC)C(C)(C)C4CCC3(C)C)C12. The first-order valence-electron chi connectivity index (χ1n) is 14.6. The number of aliphatic carboxylic acids is 1. The molecular formula is C32H54O3. The van der Waals surface area contributed by atoms with Gasteiger partial charge in [0, 0.05) is 7.11 Å². The summed E-state index contributed by atoms with van der Waals surface area (Å²) in [5.74, 6) is 1.17. The number of carboxylic acid groups (broad SMARTS) is 1. The molecule has 200 valence electrons. The fraction of sp³-hybridized carbons (Fsp3) is 0.906. The summed E-state index contributed by atoms with van der Waals surface area (Å²) < 4.78 is 6.04. The monoisotopic (exact) mass is 486 g/mol. The van der Waals surface area contributed by atoms with Crippen LogP contribution in [0.15, 0.2) is 12.2 Å². The Hall–Kier alpha value is -0.830. The maximum Gasteiger partial charge on any atom is 0.309 e. The molecule has 0 aromatic rings. The third-order valence-electron chi connectivity index (χ3n) is 13.1. The lowest BCUT2D eigenvalue weighted by Crippen LogP contribution is -2.57. The molecule has 0 aliphatic heterocycles. The van der Waals surface area contributed by atoms with Gasteiger partial charge in [-0.25, -0.2) is 0 Å². The van der Waals surface area contributed by atoms with E-state index >= 15 is 0 Å². The number of hydrogen-bond donors (Lipinski definition) is 1. The van der Waals surface area contributed by atoms with Crippen LogP contribution in [0.5, 0.6) is 0 Å². The van der Waals surface area contributed by atoms with E-state index < -0.39 is 11.4 Å². The number of hydrogen-bond acceptors (Lipinski definition) is 2. The molecule has 0 bridgehead atoms. The van der Waals surface area contributed by atoms with E-state index in [4.69, 9.17) is 4.74 Å². The van der Waals surface area contributed by atoms with Gasteiger partial charge in [0.25, 0.3) is 0 Å². The Morgan fingerprint density at radius 3 is 2.17 bits per heavy atom. The molecule has 4 aliphatic carbocycles. The Morgan fingerprint density at radius 2 is 1.57 bits per heavy atom. The largest absolute Gasteiger partial charge is 0.481 e. The number of ether oxygens (including phenoxy) is 1. The Bertz CT molecular complexity index is 842. The first-order valence-corrected chi connectivity index (χ1v) is 14.6. The van der Waals surface area contributed by atoms with Crippen LogP contribution in [0, 0.1) is 50.7 Å². The zero-order valence-electron chi connectivity index (χ0n) is 24.1. The molecule has 0 aromatic heterocycles. The summed E-state index contributed by atoms with van der Waals surface area (Å²) in [5, 5.41) is 10.6. The lowest BCUT2D eigenvalue weighted by Gasteiger charge is -2.61. The second-order valence-electron chi connectivity index (χ2n) is 15.1. The van der Waals surface area contributed by atoms with E-state index in [0.29, 0.717) is 29.3 Å². The van der Waals surface area contributed by atoms with Gasteiger partial charge in [0.15, 0.2) is 0 Å². The van der Waals surface area contributed by atoms with Crippen molar-refractivity contribution in [1.82, 2.24) is 0 Å². The average Bonchev–Trinajstić information content (AvgIpc) is 3.15. The topological polar surface area (TPSA) is 46.5 Å². The molecule has 3 nitrogen and oxygen atoms in total. The van der Waals surface area contributed by atoms with Crippen LogP contribution in [-0.2, 0) is 9.53 Å². The second-order valence-corrected chi connectivity index (χ2v) is 15.1. The van der Waals surface area contributed by atoms with E-state index in [2.05, 4.69) is 55.0 Å². The summed E-state index contributed by atoms with van der Waals surface area (Å²) in [7, 11) is 1.90. The van der Waals surface area contributed by atoms with E-state index in [-0.39, 0.29) is 22.2 Å². The predicted octanol–water partition coefficient (Wildman–Crippen LogP) is 8.52. The number of carbonyl (C=O) groups is 1. The molecule has 35 heavy (non-hydrogen) atoms. The highest BCUT2D eigenvalue weighted by atomic mass is 16.5. The van der Waals surface area contributed by atoms with Gasteiger partial charge in [-0.05, 0) is 116 Å². The van der Waals surface area contributed by atoms with E-state index in [1.54, 1.807) is 0 Å². The molecular weight excluding hydrogens is 432 g/mol. The number of carboxylic acids is 1. The van der Waals surface area contributed by atoms with E-state index in [0.717, 1.165) is 32.1 Å². The first-order chi connectivity index (χ1) is 16.2. The molecule has 0 heterocycles. The molecule has 0 saturated heterocycles. The average molecular weight is 487 g/mol. The van der Waals surface area contributed by atoms with Gasteiger partial charge in [-0.3, -0.25) is 4.79 Å².